The lowest BCUT2D eigenvalue weighted by Gasteiger charge is -2.16. The molecule has 1 aromatic carbocycles. The van der Waals surface area contributed by atoms with E-state index in [9.17, 15) is 0 Å². The van der Waals surface area contributed by atoms with E-state index in [2.05, 4.69) is 46.3 Å². The summed E-state index contributed by atoms with van der Waals surface area (Å²) in [5, 5.41) is 0. The number of benzene rings is 1. The van der Waals surface area contributed by atoms with Gasteiger partial charge in [-0.05, 0) is 31.0 Å². The van der Waals surface area contributed by atoms with Gasteiger partial charge in [0.05, 0.1) is 12.3 Å². The topological polar surface area (TPSA) is 51.4 Å². The molecule has 0 saturated carbocycles. The summed E-state index contributed by atoms with van der Waals surface area (Å²) < 4.78 is 5.49. The van der Waals surface area contributed by atoms with Crippen LogP contribution >= 0.6 is 12.4 Å². The number of ether oxygens (including phenoxy) is 1. The zero-order valence-electron chi connectivity index (χ0n) is 14.1. The fraction of sp³-hybridized carbons (Fsp3) is 0.421. The smallest absolute Gasteiger partial charge is 0.213 e. The molecule has 0 aliphatic carbocycles. The first kappa shape index (κ1) is 18.7. The van der Waals surface area contributed by atoms with Crippen molar-refractivity contribution in [2.75, 3.05) is 26.2 Å². The fourth-order valence-corrected chi connectivity index (χ4v) is 3.41. The molecule has 2 N–H and O–H groups in total. The molecule has 1 saturated heterocycles. The van der Waals surface area contributed by atoms with Gasteiger partial charge < -0.3 is 10.5 Å². The molecule has 5 heteroatoms. The number of aromatic nitrogens is 1. The van der Waals surface area contributed by atoms with Crippen molar-refractivity contribution in [3.8, 4) is 5.88 Å². The number of pyridine rings is 1. The van der Waals surface area contributed by atoms with Crippen molar-refractivity contribution in [2.45, 2.75) is 19.4 Å². The molecule has 24 heavy (non-hydrogen) atoms. The predicted molar refractivity (Wildman–Crippen MR) is 99.7 cm³/mol. The number of rotatable bonds is 6. The van der Waals surface area contributed by atoms with E-state index < -0.39 is 0 Å². The summed E-state index contributed by atoms with van der Waals surface area (Å²) in [5.41, 5.74) is 8.46. The van der Waals surface area contributed by atoms with Crippen LogP contribution in [0.2, 0.25) is 0 Å². The zero-order valence-corrected chi connectivity index (χ0v) is 14.9. The minimum absolute atomic E-state index is 0. The standard InChI is InChI=1S/C19H25N3O.ClH/c1-2-23-19-10-6-9-17(21-19)13-22-12-16(11-20)18(14-22)15-7-4-3-5-8-15;/h3-10,16,18H,2,11-14,20H2,1H3;1H/t16-,18+;/m1./s1. The Bertz CT molecular complexity index is 623. The van der Waals surface area contributed by atoms with E-state index in [0.717, 1.165) is 31.9 Å². The second kappa shape index (κ2) is 9.02. The average Bonchev–Trinajstić information content (AvgIpc) is 2.99. The van der Waals surface area contributed by atoms with Gasteiger partial charge in [-0.15, -0.1) is 12.4 Å². The molecule has 2 atom stereocenters. The fourth-order valence-electron chi connectivity index (χ4n) is 3.41. The SMILES string of the molecule is CCOc1cccc(CN2C[C@@H](CN)[C@H](c3ccccc3)C2)n1.Cl. The van der Waals surface area contributed by atoms with Crippen molar-refractivity contribution in [3.05, 3.63) is 59.8 Å². The lowest BCUT2D eigenvalue weighted by atomic mass is 9.89. The van der Waals surface area contributed by atoms with E-state index in [1.165, 1.54) is 5.56 Å². The predicted octanol–water partition coefficient (Wildman–Crippen LogP) is 3.08. The monoisotopic (exact) mass is 347 g/mol. The van der Waals surface area contributed by atoms with Crippen LogP contribution in [0.15, 0.2) is 48.5 Å². The molecule has 2 heterocycles. The first-order chi connectivity index (χ1) is 11.3. The molecule has 130 valence electrons. The molecule has 0 unspecified atom stereocenters. The molecule has 0 amide bonds. The summed E-state index contributed by atoms with van der Waals surface area (Å²) in [6, 6.07) is 16.7. The van der Waals surface area contributed by atoms with Crippen molar-refractivity contribution < 1.29 is 4.74 Å². The molecule has 0 radical (unpaired) electrons. The maximum atomic E-state index is 6.02. The summed E-state index contributed by atoms with van der Waals surface area (Å²) in [4.78, 5) is 7.03. The third-order valence-corrected chi connectivity index (χ3v) is 4.51. The van der Waals surface area contributed by atoms with Crippen molar-refractivity contribution in [3.63, 3.8) is 0 Å². The molecule has 1 fully saturated rings. The van der Waals surface area contributed by atoms with Gasteiger partial charge >= 0.3 is 0 Å². The normalized spacial score (nSPS) is 20.6. The van der Waals surface area contributed by atoms with Crippen LogP contribution in [0.5, 0.6) is 5.88 Å². The summed E-state index contributed by atoms with van der Waals surface area (Å²) in [5.74, 6) is 1.72. The maximum Gasteiger partial charge on any atom is 0.213 e. The van der Waals surface area contributed by atoms with Crippen LogP contribution in [0.4, 0.5) is 0 Å². The Morgan fingerprint density at radius 2 is 1.92 bits per heavy atom. The molecule has 2 aromatic rings. The van der Waals surface area contributed by atoms with E-state index in [1.54, 1.807) is 0 Å². The zero-order chi connectivity index (χ0) is 16.1. The minimum Gasteiger partial charge on any atom is -0.478 e. The molecular weight excluding hydrogens is 322 g/mol. The molecule has 4 nitrogen and oxygen atoms in total. The van der Waals surface area contributed by atoms with Gasteiger partial charge in [-0.2, -0.15) is 0 Å². The van der Waals surface area contributed by atoms with Gasteiger partial charge in [0, 0.05) is 31.6 Å². The van der Waals surface area contributed by atoms with Crippen LogP contribution in [-0.2, 0) is 6.54 Å². The Morgan fingerprint density at radius 1 is 1.12 bits per heavy atom. The van der Waals surface area contributed by atoms with Gasteiger partial charge in [-0.25, -0.2) is 4.98 Å². The van der Waals surface area contributed by atoms with Crippen molar-refractivity contribution in [1.29, 1.82) is 0 Å². The highest BCUT2D eigenvalue weighted by atomic mass is 35.5. The Hall–Kier alpha value is -1.62. The Morgan fingerprint density at radius 3 is 2.62 bits per heavy atom. The molecule has 1 aliphatic heterocycles. The van der Waals surface area contributed by atoms with E-state index in [-0.39, 0.29) is 12.4 Å². The van der Waals surface area contributed by atoms with Crippen LogP contribution in [0.1, 0.15) is 24.1 Å². The summed E-state index contributed by atoms with van der Waals surface area (Å²) >= 11 is 0. The van der Waals surface area contributed by atoms with Gasteiger partial charge in [0.2, 0.25) is 5.88 Å². The molecule has 3 rings (SSSR count). The largest absolute Gasteiger partial charge is 0.478 e. The van der Waals surface area contributed by atoms with Crippen molar-refractivity contribution in [2.24, 2.45) is 11.7 Å². The van der Waals surface area contributed by atoms with Gasteiger partial charge in [0.15, 0.2) is 0 Å². The first-order valence-electron chi connectivity index (χ1n) is 8.36. The highest BCUT2D eigenvalue weighted by molar-refractivity contribution is 5.85. The Labute approximate surface area is 150 Å². The van der Waals surface area contributed by atoms with E-state index in [0.29, 0.717) is 24.3 Å². The summed E-state index contributed by atoms with van der Waals surface area (Å²) in [6.45, 7) is 6.25. The second-order valence-electron chi connectivity index (χ2n) is 6.11. The van der Waals surface area contributed by atoms with E-state index in [4.69, 9.17) is 10.5 Å². The number of likely N-dealkylation sites (tertiary alicyclic amines) is 1. The second-order valence-corrected chi connectivity index (χ2v) is 6.11. The van der Waals surface area contributed by atoms with E-state index >= 15 is 0 Å². The molecule has 1 aromatic heterocycles. The lowest BCUT2D eigenvalue weighted by molar-refractivity contribution is 0.302. The van der Waals surface area contributed by atoms with Crippen molar-refractivity contribution in [1.82, 2.24) is 9.88 Å². The molecule has 0 bridgehead atoms. The van der Waals surface area contributed by atoms with Crippen molar-refractivity contribution >= 4 is 12.4 Å². The van der Waals surface area contributed by atoms with Crippen LogP contribution in [-0.4, -0.2) is 36.1 Å². The van der Waals surface area contributed by atoms with Crippen LogP contribution in [0, 0.1) is 5.92 Å². The van der Waals surface area contributed by atoms with Gasteiger partial charge in [0.25, 0.3) is 0 Å². The molecule has 0 spiro atoms. The van der Waals surface area contributed by atoms with E-state index in [1.807, 2.05) is 19.1 Å². The Balaban J connectivity index is 0.00000208. The number of nitrogens with two attached hydrogens (primary N) is 1. The van der Waals surface area contributed by atoms with Crippen LogP contribution in [0.3, 0.4) is 0 Å². The van der Waals surface area contributed by atoms with Gasteiger partial charge in [-0.3, -0.25) is 4.90 Å². The molecular formula is C19H26ClN3O. The van der Waals surface area contributed by atoms with Gasteiger partial charge in [-0.1, -0.05) is 36.4 Å². The summed E-state index contributed by atoms with van der Waals surface area (Å²) in [6.07, 6.45) is 0. The highest BCUT2D eigenvalue weighted by Crippen LogP contribution is 2.32. The number of halogens is 1. The highest BCUT2D eigenvalue weighted by Gasteiger charge is 2.32. The first-order valence-corrected chi connectivity index (χ1v) is 8.36. The third kappa shape index (κ3) is 4.47. The van der Waals surface area contributed by atoms with Crippen LogP contribution < -0.4 is 10.5 Å². The Kier molecular flexibility index (Phi) is 7.03. The quantitative estimate of drug-likeness (QED) is 0.872. The third-order valence-electron chi connectivity index (χ3n) is 4.51. The average molecular weight is 348 g/mol. The maximum absolute atomic E-state index is 6.02. The van der Waals surface area contributed by atoms with Crippen LogP contribution in [0.25, 0.3) is 0 Å². The number of nitrogens with zero attached hydrogens (tertiary/aromatic N) is 2. The lowest BCUT2D eigenvalue weighted by Crippen LogP contribution is -2.23. The minimum atomic E-state index is 0. The molecule has 1 aliphatic rings. The van der Waals surface area contributed by atoms with Gasteiger partial charge in [0.1, 0.15) is 0 Å². The number of hydrogen-bond donors (Lipinski definition) is 1. The summed E-state index contributed by atoms with van der Waals surface area (Å²) in [7, 11) is 0. The number of hydrogen-bond acceptors (Lipinski definition) is 4.